The van der Waals surface area contributed by atoms with Crippen molar-refractivity contribution in [3.8, 4) is 0 Å². The van der Waals surface area contributed by atoms with Gasteiger partial charge in [0, 0.05) is 5.57 Å². The lowest BCUT2D eigenvalue weighted by Crippen LogP contribution is -2.97. The first-order valence-electron chi connectivity index (χ1n) is 2.35. The summed E-state index contributed by atoms with van der Waals surface area (Å²) >= 11 is 0. The van der Waals surface area contributed by atoms with Crippen LogP contribution in [0.1, 0.15) is 6.92 Å². The second-order valence-corrected chi connectivity index (χ2v) is 1.79. The van der Waals surface area contributed by atoms with Crippen LogP contribution in [0.5, 0.6) is 0 Å². The average molecular weight is 97.1 g/mol. The summed E-state index contributed by atoms with van der Waals surface area (Å²) in [6, 6.07) is 0. The molecular formula is C5H9N2+. The molecule has 0 amide bonds. The molecule has 1 unspecified atom stereocenters. The van der Waals surface area contributed by atoms with E-state index in [0.717, 1.165) is 5.01 Å². The lowest BCUT2D eigenvalue weighted by molar-refractivity contribution is -0.829. The Morgan fingerprint density at radius 3 is 2.57 bits per heavy atom. The van der Waals surface area contributed by atoms with Gasteiger partial charge in [0.15, 0.2) is 0 Å². The van der Waals surface area contributed by atoms with Crippen LogP contribution in [0.15, 0.2) is 16.9 Å². The van der Waals surface area contributed by atoms with Crippen molar-refractivity contribution in [3.05, 3.63) is 11.8 Å². The smallest absolute Gasteiger partial charge is 0.125 e. The van der Waals surface area contributed by atoms with Crippen molar-refractivity contribution < 1.29 is 5.01 Å². The fourth-order valence-corrected chi connectivity index (χ4v) is 0.608. The molecule has 1 rings (SSSR count). The second-order valence-electron chi connectivity index (χ2n) is 1.79. The molecule has 0 aromatic heterocycles. The van der Waals surface area contributed by atoms with Gasteiger partial charge in [0.05, 0.1) is 13.3 Å². The highest BCUT2D eigenvalue weighted by Gasteiger charge is 2.00. The van der Waals surface area contributed by atoms with Gasteiger partial charge in [0.25, 0.3) is 0 Å². The summed E-state index contributed by atoms with van der Waals surface area (Å²) in [5.41, 5.74) is 1.25. The van der Waals surface area contributed by atoms with Gasteiger partial charge < -0.3 is 0 Å². The molecule has 1 N–H and O–H groups in total. The maximum atomic E-state index is 4.02. The standard InChI is InChI=1S/C5H8N2/c1-5-3-6-7(2)4-5/h3-4H,1-2H3/p+1. The summed E-state index contributed by atoms with van der Waals surface area (Å²) in [7, 11) is 1.99. The van der Waals surface area contributed by atoms with Gasteiger partial charge in [0.1, 0.15) is 6.20 Å². The SMILES string of the molecule is CC1=C[NH+](C)N=C1. The van der Waals surface area contributed by atoms with Gasteiger partial charge in [-0.15, -0.1) is 0 Å². The minimum absolute atomic E-state index is 1.11. The number of nitrogens with one attached hydrogen (secondary N) is 1. The molecule has 1 aliphatic heterocycles. The third kappa shape index (κ3) is 0.871. The van der Waals surface area contributed by atoms with E-state index in [1.54, 1.807) is 0 Å². The molecule has 0 saturated carbocycles. The molecule has 2 heteroatoms. The first kappa shape index (κ1) is 4.53. The highest BCUT2D eigenvalue weighted by molar-refractivity contribution is 5.77. The summed E-state index contributed by atoms with van der Waals surface area (Å²) in [5.74, 6) is 0. The zero-order chi connectivity index (χ0) is 5.28. The molecule has 0 saturated heterocycles. The third-order valence-corrected chi connectivity index (χ3v) is 0.908. The molecule has 38 valence electrons. The normalized spacial score (nSPS) is 28.3. The predicted octanol–water partition coefficient (Wildman–Crippen LogP) is -0.596. The molecular weight excluding hydrogens is 88.1 g/mol. The van der Waals surface area contributed by atoms with Crippen molar-refractivity contribution in [1.82, 2.24) is 0 Å². The number of rotatable bonds is 0. The van der Waals surface area contributed by atoms with E-state index in [1.807, 2.05) is 20.2 Å². The van der Waals surface area contributed by atoms with Gasteiger partial charge in [-0.1, -0.05) is 5.10 Å². The summed E-state index contributed by atoms with van der Waals surface area (Å²) in [6.07, 6.45) is 3.93. The minimum atomic E-state index is 1.11. The van der Waals surface area contributed by atoms with Crippen LogP contribution < -0.4 is 5.01 Å². The summed E-state index contributed by atoms with van der Waals surface area (Å²) < 4.78 is 0. The quantitative estimate of drug-likeness (QED) is 0.416. The largest absolute Gasteiger partial charge is 0.185 e. The maximum absolute atomic E-state index is 4.02. The topological polar surface area (TPSA) is 16.8 Å². The van der Waals surface area contributed by atoms with E-state index < -0.39 is 0 Å². The Hall–Kier alpha value is -0.630. The molecule has 0 fully saturated rings. The van der Waals surface area contributed by atoms with E-state index >= 15 is 0 Å². The number of nitrogens with zero attached hydrogens (tertiary/aromatic N) is 1. The minimum Gasteiger partial charge on any atom is -0.185 e. The lowest BCUT2D eigenvalue weighted by atomic mass is 10.4. The molecule has 7 heavy (non-hydrogen) atoms. The van der Waals surface area contributed by atoms with Gasteiger partial charge in [-0.25, -0.2) is 0 Å². The fraction of sp³-hybridized carbons (Fsp3) is 0.400. The van der Waals surface area contributed by atoms with Gasteiger partial charge in [0.2, 0.25) is 0 Å². The van der Waals surface area contributed by atoms with Crippen LogP contribution in [0, 0.1) is 0 Å². The van der Waals surface area contributed by atoms with E-state index in [0.29, 0.717) is 0 Å². The number of quaternary nitrogens is 1. The fourth-order valence-electron chi connectivity index (χ4n) is 0.608. The summed E-state index contributed by atoms with van der Waals surface area (Å²) in [4.78, 5) is 0. The summed E-state index contributed by atoms with van der Waals surface area (Å²) in [5, 5.41) is 5.13. The Balaban J connectivity index is 2.69. The third-order valence-electron chi connectivity index (χ3n) is 0.908. The van der Waals surface area contributed by atoms with Crippen molar-refractivity contribution in [1.29, 1.82) is 0 Å². The van der Waals surface area contributed by atoms with Crippen LogP contribution in [0.25, 0.3) is 0 Å². The molecule has 1 heterocycles. The van der Waals surface area contributed by atoms with Gasteiger partial charge in [-0.3, -0.25) is 0 Å². The molecule has 2 nitrogen and oxygen atoms in total. The highest BCUT2D eigenvalue weighted by Crippen LogP contribution is 1.83. The molecule has 1 atom stereocenters. The van der Waals surface area contributed by atoms with Crippen LogP contribution in [-0.2, 0) is 0 Å². The van der Waals surface area contributed by atoms with Gasteiger partial charge in [-0.2, -0.15) is 5.01 Å². The molecule has 1 aliphatic rings. The number of hydrogen-bond donors (Lipinski definition) is 1. The molecule has 0 aromatic rings. The molecule has 0 spiro atoms. The van der Waals surface area contributed by atoms with Crippen LogP contribution in [0.2, 0.25) is 0 Å². The Kier molecular flexibility index (Phi) is 0.947. The highest BCUT2D eigenvalue weighted by atomic mass is 15.4. The maximum Gasteiger partial charge on any atom is 0.125 e. The molecule has 0 radical (unpaired) electrons. The van der Waals surface area contributed by atoms with Crippen molar-refractivity contribution >= 4 is 6.21 Å². The zero-order valence-corrected chi connectivity index (χ0v) is 4.60. The predicted molar refractivity (Wildman–Crippen MR) is 29.1 cm³/mol. The van der Waals surface area contributed by atoms with Crippen molar-refractivity contribution in [2.75, 3.05) is 7.05 Å². The van der Waals surface area contributed by atoms with E-state index in [-0.39, 0.29) is 0 Å². The van der Waals surface area contributed by atoms with Crippen molar-refractivity contribution in [2.24, 2.45) is 5.10 Å². The van der Waals surface area contributed by atoms with Crippen molar-refractivity contribution in [2.45, 2.75) is 6.92 Å². The molecule has 0 aliphatic carbocycles. The second kappa shape index (κ2) is 1.46. The monoisotopic (exact) mass is 97.1 g/mol. The van der Waals surface area contributed by atoms with Crippen LogP contribution in [0.4, 0.5) is 0 Å². The van der Waals surface area contributed by atoms with Gasteiger partial charge >= 0.3 is 0 Å². The number of hydrogen-bond acceptors (Lipinski definition) is 1. The van der Waals surface area contributed by atoms with E-state index in [4.69, 9.17) is 0 Å². The van der Waals surface area contributed by atoms with Crippen LogP contribution in [0.3, 0.4) is 0 Å². The Morgan fingerprint density at radius 1 is 1.71 bits per heavy atom. The number of allylic oxidation sites excluding steroid dienone is 1. The van der Waals surface area contributed by atoms with Crippen LogP contribution >= 0.6 is 0 Å². The van der Waals surface area contributed by atoms with E-state index in [9.17, 15) is 0 Å². The summed E-state index contributed by atoms with van der Waals surface area (Å²) in [6.45, 7) is 2.04. The first-order chi connectivity index (χ1) is 3.29. The molecule has 0 bridgehead atoms. The van der Waals surface area contributed by atoms with E-state index in [2.05, 4.69) is 11.3 Å². The van der Waals surface area contributed by atoms with Crippen LogP contribution in [-0.4, -0.2) is 13.3 Å². The molecule has 0 aromatic carbocycles. The van der Waals surface area contributed by atoms with Crippen molar-refractivity contribution in [3.63, 3.8) is 0 Å². The first-order valence-corrected chi connectivity index (χ1v) is 2.35. The Morgan fingerprint density at radius 2 is 2.43 bits per heavy atom. The Labute approximate surface area is 43.1 Å². The zero-order valence-electron chi connectivity index (χ0n) is 4.60. The van der Waals surface area contributed by atoms with E-state index in [1.165, 1.54) is 5.57 Å². The Bertz CT molecular complexity index is 124. The van der Waals surface area contributed by atoms with Gasteiger partial charge in [-0.05, 0) is 6.92 Å². The average Bonchev–Trinajstić information content (AvgIpc) is 1.87. The lowest BCUT2D eigenvalue weighted by Gasteiger charge is -1.87.